The number of ketones is 1. The monoisotopic (exact) mass is 393 g/mol. The van der Waals surface area contributed by atoms with Gasteiger partial charge in [0.05, 0.1) is 7.11 Å². The standard InChI is InChI=1S/C23H23NO5/c1-15-11-16(2)23(17(3)12-15)19(25)14-29-22(26)8-6-18-5-7-20(28-10-9-24)21(13-18)27-4/h5-8,11-13H,10,14H2,1-4H3. The molecule has 0 spiro atoms. The van der Waals surface area contributed by atoms with Crippen molar-refractivity contribution in [2.24, 2.45) is 0 Å². The van der Waals surface area contributed by atoms with Crippen molar-refractivity contribution in [2.75, 3.05) is 20.3 Å². The molecule has 29 heavy (non-hydrogen) atoms. The maximum absolute atomic E-state index is 12.4. The first-order chi connectivity index (χ1) is 13.8. The van der Waals surface area contributed by atoms with Gasteiger partial charge in [0, 0.05) is 11.6 Å². The number of ether oxygens (including phenoxy) is 3. The minimum Gasteiger partial charge on any atom is -0.493 e. The summed E-state index contributed by atoms with van der Waals surface area (Å²) in [7, 11) is 1.48. The van der Waals surface area contributed by atoms with Crippen molar-refractivity contribution in [2.45, 2.75) is 20.8 Å². The van der Waals surface area contributed by atoms with Crippen LogP contribution in [0.5, 0.6) is 11.5 Å². The molecule has 2 aromatic rings. The second-order valence-corrected chi connectivity index (χ2v) is 6.50. The molecular formula is C23H23NO5. The maximum atomic E-state index is 12.4. The number of hydrogen-bond acceptors (Lipinski definition) is 6. The first-order valence-corrected chi connectivity index (χ1v) is 8.99. The van der Waals surface area contributed by atoms with Gasteiger partial charge in [0.2, 0.25) is 5.78 Å². The summed E-state index contributed by atoms with van der Waals surface area (Å²) in [4.78, 5) is 24.4. The van der Waals surface area contributed by atoms with Crippen LogP contribution in [0.25, 0.3) is 6.08 Å². The average Bonchev–Trinajstić information content (AvgIpc) is 2.68. The van der Waals surface area contributed by atoms with Crippen LogP contribution < -0.4 is 9.47 Å². The molecule has 0 aliphatic heterocycles. The Bertz CT molecular complexity index is 962. The molecule has 2 aromatic carbocycles. The lowest BCUT2D eigenvalue weighted by molar-refractivity contribution is -0.136. The van der Waals surface area contributed by atoms with Crippen LogP contribution in [0.15, 0.2) is 36.4 Å². The fraction of sp³-hybridized carbons (Fsp3) is 0.261. The fourth-order valence-corrected chi connectivity index (χ4v) is 3.06. The van der Waals surface area contributed by atoms with Crippen LogP contribution in [0.3, 0.4) is 0 Å². The summed E-state index contributed by atoms with van der Waals surface area (Å²) in [6, 6.07) is 10.8. The lowest BCUT2D eigenvalue weighted by Gasteiger charge is -2.10. The topological polar surface area (TPSA) is 85.6 Å². The lowest BCUT2D eigenvalue weighted by Crippen LogP contribution is -2.15. The van der Waals surface area contributed by atoms with Crippen LogP contribution in [0.2, 0.25) is 0 Å². The number of Topliss-reactive ketones (excluding diaryl/α,β-unsaturated/α-hetero) is 1. The molecule has 0 radical (unpaired) electrons. The fourth-order valence-electron chi connectivity index (χ4n) is 3.06. The molecule has 150 valence electrons. The number of nitriles is 1. The Balaban J connectivity index is 2.00. The van der Waals surface area contributed by atoms with Crippen molar-refractivity contribution in [3.63, 3.8) is 0 Å². The summed E-state index contributed by atoms with van der Waals surface area (Å²) in [6.45, 7) is 5.29. The number of esters is 1. The minimum atomic E-state index is -0.621. The van der Waals surface area contributed by atoms with Gasteiger partial charge in [-0.1, -0.05) is 23.8 Å². The van der Waals surface area contributed by atoms with Crippen molar-refractivity contribution in [1.29, 1.82) is 5.26 Å². The van der Waals surface area contributed by atoms with Gasteiger partial charge in [-0.25, -0.2) is 4.79 Å². The molecule has 0 aromatic heterocycles. The predicted octanol–water partition coefficient (Wildman–Crippen LogP) is 3.96. The molecule has 0 amide bonds. The van der Waals surface area contributed by atoms with Crippen LogP contribution in [0, 0.1) is 32.1 Å². The largest absolute Gasteiger partial charge is 0.493 e. The van der Waals surface area contributed by atoms with Gasteiger partial charge in [-0.15, -0.1) is 0 Å². The van der Waals surface area contributed by atoms with Crippen molar-refractivity contribution in [3.8, 4) is 17.6 Å². The van der Waals surface area contributed by atoms with E-state index in [1.807, 2.05) is 39.0 Å². The number of aryl methyl sites for hydroxylation is 3. The Labute approximate surface area is 170 Å². The highest BCUT2D eigenvalue weighted by atomic mass is 16.5. The van der Waals surface area contributed by atoms with Crippen LogP contribution in [-0.2, 0) is 9.53 Å². The van der Waals surface area contributed by atoms with Crippen LogP contribution >= 0.6 is 0 Å². The average molecular weight is 393 g/mol. The highest BCUT2D eigenvalue weighted by Gasteiger charge is 2.14. The number of benzene rings is 2. The molecule has 0 N–H and O–H groups in total. The maximum Gasteiger partial charge on any atom is 0.331 e. The Morgan fingerprint density at radius 2 is 1.76 bits per heavy atom. The minimum absolute atomic E-state index is 0.0914. The smallest absolute Gasteiger partial charge is 0.331 e. The highest BCUT2D eigenvalue weighted by Crippen LogP contribution is 2.28. The van der Waals surface area contributed by atoms with Gasteiger partial charge >= 0.3 is 5.97 Å². The van der Waals surface area contributed by atoms with E-state index in [-0.39, 0.29) is 19.0 Å². The summed E-state index contributed by atoms with van der Waals surface area (Å²) in [5, 5.41) is 8.59. The van der Waals surface area contributed by atoms with Gasteiger partial charge in [0.1, 0.15) is 6.07 Å². The zero-order valence-corrected chi connectivity index (χ0v) is 16.9. The van der Waals surface area contributed by atoms with E-state index in [0.29, 0.717) is 22.6 Å². The summed E-state index contributed by atoms with van der Waals surface area (Å²) >= 11 is 0. The Kier molecular flexibility index (Phi) is 7.55. The molecule has 0 saturated carbocycles. The Morgan fingerprint density at radius 1 is 1.07 bits per heavy atom. The van der Waals surface area contributed by atoms with E-state index >= 15 is 0 Å². The Morgan fingerprint density at radius 3 is 2.38 bits per heavy atom. The van der Waals surface area contributed by atoms with E-state index in [1.54, 1.807) is 24.3 Å². The van der Waals surface area contributed by atoms with Crippen molar-refractivity contribution in [1.82, 2.24) is 0 Å². The van der Waals surface area contributed by atoms with Gasteiger partial charge < -0.3 is 14.2 Å². The molecule has 0 fully saturated rings. The summed E-state index contributed by atoms with van der Waals surface area (Å²) in [5.74, 6) is 0.0198. The van der Waals surface area contributed by atoms with Gasteiger partial charge in [-0.3, -0.25) is 4.79 Å². The quantitative estimate of drug-likeness (QED) is 0.383. The van der Waals surface area contributed by atoms with Gasteiger partial charge in [0.15, 0.2) is 24.7 Å². The first kappa shape index (κ1) is 21.7. The second-order valence-electron chi connectivity index (χ2n) is 6.50. The van der Waals surface area contributed by atoms with Crippen LogP contribution in [-0.4, -0.2) is 32.1 Å². The van der Waals surface area contributed by atoms with E-state index in [0.717, 1.165) is 16.7 Å². The number of carbonyl (C=O) groups excluding carboxylic acids is 2. The molecule has 0 aliphatic rings. The number of carbonyl (C=O) groups is 2. The number of nitrogens with zero attached hydrogens (tertiary/aromatic N) is 1. The van der Waals surface area contributed by atoms with E-state index in [1.165, 1.54) is 13.2 Å². The molecular weight excluding hydrogens is 370 g/mol. The Hall–Kier alpha value is -3.59. The molecule has 0 unspecified atom stereocenters. The molecule has 6 heteroatoms. The zero-order chi connectivity index (χ0) is 21.4. The first-order valence-electron chi connectivity index (χ1n) is 8.99. The van der Waals surface area contributed by atoms with E-state index < -0.39 is 5.97 Å². The van der Waals surface area contributed by atoms with Crippen molar-refractivity contribution in [3.05, 3.63) is 64.2 Å². The summed E-state index contributed by atoms with van der Waals surface area (Å²) in [5.41, 5.74) is 4.08. The van der Waals surface area contributed by atoms with Crippen LogP contribution in [0.1, 0.15) is 32.6 Å². The normalized spacial score (nSPS) is 10.4. The SMILES string of the molecule is COc1cc(C=CC(=O)OCC(=O)c2c(C)cc(C)cc2C)ccc1OCC#N. The van der Waals surface area contributed by atoms with Crippen LogP contribution in [0.4, 0.5) is 0 Å². The predicted molar refractivity (Wildman–Crippen MR) is 109 cm³/mol. The van der Waals surface area contributed by atoms with E-state index in [9.17, 15) is 9.59 Å². The summed E-state index contributed by atoms with van der Waals surface area (Å²) < 4.78 is 15.6. The number of hydrogen-bond donors (Lipinski definition) is 0. The van der Waals surface area contributed by atoms with Crippen molar-refractivity contribution >= 4 is 17.8 Å². The molecule has 0 bridgehead atoms. The highest BCUT2D eigenvalue weighted by molar-refractivity contribution is 6.01. The molecule has 0 aliphatic carbocycles. The lowest BCUT2D eigenvalue weighted by atomic mass is 9.97. The molecule has 0 heterocycles. The zero-order valence-electron chi connectivity index (χ0n) is 16.9. The van der Waals surface area contributed by atoms with Gasteiger partial charge in [-0.05, 0) is 55.7 Å². The third-order valence-electron chi connectivity index (χ3n) is 4.19. The third kappa shape index (κ3) is 5.94. The van der Waals surface area contributed by atoms with Gasteiger partial charge in [-0.2, -0.15) is 5.26 Å². The summed E-state index contributed by atoms with van der Waals surface area (Å²) in [6.07, 6.45) is 2.79. The number of rotatable bonds is 8. The molecule has 0 atom stereocenters. The molecule has 2 rings (SSSR count). The third-order valence-corrected chi connectivity index (χ3v) is 4.19. The van der Waals surface area contributed by atoms with Crippen molar-refractivity contribution < 1.29 is 23.8 Å². The molecule has 6 nitrogen and oxygen atoms in total. The number of methoxy groups -OCH3 is 1. The molecule has 0 saturated heterocycles. The van der Waals surface area contributed by atoms with E-state index in [2.05, 4.69) is 0 Å². The van der Waals surface area contributed by atoms with Gasteiger partial charge in [0.25, 0.3) is 0 Å². The second kappa shape index (κ2) is 10.1. The van der Waals surface area contributed by atoms with E-state index in [4.69, 9.17) is 19.5 Å².